The van der Waals surface area contributed by atoms with Crippen molar-refractivity contribution in [2.24, 2.45) is 16.7 Å². The minimum atomic E-state index is -1.33. The summed E-state index contributed by atoms with van der Waals surface area (Å²) in [7, 11) is 0. The van der Waals surface area contributed by atoms with Gasteiger partial charge in [0.15, 0.2) is 0 Å². The first kappa shape index (κ1) is 31.3. The lowest BCUT2D eigenvalue weighted by atomic mass is 9.48. The van der Waals surface area contributed by atoms with Crippen LogP contribution in [0.2, 0.25) is 0 Å². The minimum Gasteiger partial charge on any atom is -0.481 e. The summed E-state index contributed by atoms with van der Waals surface area (Å²) < 4.78 is 6.28. The van der Waals surface area contributed by atoms with Gasteiger partial charge in [0.05, 0.1) is 6.04 Å². The van der Waals surface area contributed by atoms with Crippen LogP contribution in [-0.4, -0.2) is 81.0 Å². The third-order valence-corrected chi connectivity index (χ3v) is 9.50. The average Bonchev–Trinajstić information content (AvgIpc) is 3.46. The molecule has 0 spiro atoms. The number of carboxylic acids is 2. The summed E-state index contributed by atoms with van der Waals surface area (Å²) in [6, 6.07) is -2.05. The van der Waals surface area contributed by atoms with Gasteiger partial charge in [-0.1, -0.05) is 57.6 Å². The number of carbonyl (C=O) groups is 5. The van der Waals surface area contributed by atoms with E-state index in [1.807, 2.05) is 26.0 Å². The van der Waals surface area contributed by atoms with E-state index in [1.165, 1.54) is 11.0 Å². The lowest BCUT2D eigenvalue weighted by Gasteiger charge is -2.58. The predicted molar refractivity (Wildman–Crippen MR) is 154 cm³/mol. The topological polar surface area (TPSA) is 142 Å². The predicted octanol–water partition coefficient (Wildman–Crippen LogP) is 3.88. The molecule has 10 heteroatoms. The van der Waals surface area contributed by atoms with Crippen molar-refractivity contribution in [3.63, 3.8) is 0 Å². The second-order valence-corrected chi connectivity index (χ2v) is 12.7. The fourth-order valence-corrected chi connectivity index (χ4v) is 7.95. The first-order valence-corrected chi connectivity index (χ1v) is 14.8. The van der Waals surface area contributed by atoms with E-state index in [1.54, 1.807) is 23.1 Å². The van der Waals surface area contributed by atoms with Crippen molar-refractivity contribution >= 4 is 29.7 Å². The Bertz CT molecular complexity index is 1260. The molecule has 0 radical (unpaired) electrons. The quantitative estimate of drug-likeness (QED) is 0.225. The van der Waals surface area contributed by atoms with Crippen LogP contribution in [0.25, 0.3) is 0 Å². The Balaban J connectivity index is 1.83. The molecule has 10 nitrogen and oxygen atoms in total. The van der Waals surface area contributed by atoms with E-state index in [2.05, 4.69) is 13.8 Å². The highest BCUT2D eigenvalue weighted by Gasteiger charge is 2.64. The lowest BCUT2D eigenvalue weighted by molar-refractivity contribution is -0.168. The second-order valence-electron chi connectivity index (χ2n) is 12.7. The molecule has 0 aromatic rings. The Kier molecular flexibility index (Phi) is 9.13. The molecule has 2 heterocycles. The van der Waals surface area contributed by atoms with E-state index in [9.17, 15) is 34.2 Å². The standard InChI is InChI=1S/C32H42N2O8/c1-5-6-7-8-9-13-24(38)42-27-26(33-18-10-12-22(33)35)20-19-34(21(30(40)41)14-15-23(36)37)29(39)25(20)32(4)17-11-16-31(2,3)28(27)32/h5-9,13,21,26-28H,10-12,14-19H2,1-4H3,(H,36,37)(H,40,41). The van der Waals surface area contributed by atoms with Crippen LogP contribution in [0.5, 0.6) is 0 Å². The van der Waals surface area contributed by atoms with Crippen LogP contribution in [0.15, 0.2) is 47.6 Å². The van der Waals surface area contributed by atoms with Gasteiger partial charge in [0, 0.05) is 48.9 Å². The van der Waals surface area contributed by atoms with Crippen molar-refractivity contribution in [3.8, 4) is 0 Å². The molecule has 42 heavy (non-hydrogen) atoms. The van der Waals surface area contributed by atoms with Gasteiger partial charge in [0.25, 0.3) is 5.91 Å². The second kappa shape index (κ2) is 12.3. The van der Waals surface area contributed by atoms with Crippen LogP contribution in [0.4, 0.5) is 0 Å². The van der Waals surface area contributed by atoms with Crippen molar-refractivity contribution < 1.29 is 38.9 Å². The van der Waals surface area contributed by atoms with Gasteiger partial charge in [-0.25, -0.2) is 9.59 Å². The van der Waals surface area contributed by atoms with Crippen molar-refractivity contribution in [1.29, 1.82) is 0 Å². The third kappa shape index (κ3) is 5.80. The summed E-state index contributed by atoms with van der Waals surface area (Å²) in [6.45, 7) is 8.47. The number of carbonyl (C=O) groups excluding carboxylic acids is 3. The fourth-order valence-electron chi connectivity index (χ4n) is 7.95. The maximum absolute atomic E-state index is 14.2. The van der Waals surface area contributed by atoms with Gasteiger partial charge in [-0.05, 0) is 43.6 Å². The first-order chi connectivity index (χ1) is 19.8. The molecule has 2 aliphatic heterocycles. The average molecular weight is 583 g/mol. The Morgan fingerprint density at radius 3 is 2.38 bits per heavy atom. The van der Waals surface area contributed by atoms with Gasteiger partial charge < -0.3 is 24.7 Å². The number of nitrogens with zero attached hydrogens (tertiary/aromatic N) is 2. The molecule has 5 unspecified atom stereocenters. The van der Waals surface area contributed by atoms with Crippen LogP contribution in [0.3, 0.4) is 0 Å². The van der Waals surface area contributed by atoms with Gasteiger partial charge in [0.2, 0.25) is 5.91 Å². The molecular weight excluding hydrogens is 540 g/mol. The van der Waals surface area contributed by atoms with E-state index >= 15 is 0 Å². The highest BCUT2D eigenvalue weighted by atomic mass is 16.5. The number of carboxylic acid groups (broad SMARTS) is 2. The Morgan fingerprint density at radius 2 is 1.76 bits per heavy atom. The van der Waals surface area contributed by atoms with Crippen LogP contribution < -0.4 is 0 Å². The smallest absolute Gasteiger partial charge is 0.331 e. The number of amides is 2. The highest BCUT2D eigenvalue weighted by Crippen LogP contribution is 2.62. The number of ether oxygens (including phenoxy) is 1. The number of aliphatic carboxylic acids is 2. The lowest BCUT2D eigenvalue weighted by Crippen LogP contribution is -2.62. The normalized spacial score (nSPS) is 30.0. The molecule has 4 aliphatic rings. The zero-order valence-electron chi connectivity index (χ0n) is 24.9. The molecule has 0 aromatic heterocycles. The molecule has 228 valence electrons. The molecule has 2 fully saturated rings. The number of esters is 1. The molecule has 2 amide bonds. The molecule has 4 rings (SSSR count). The SMILES string of the molecule is CC=CC=CC=CC(=O)OC1C(N2CCCC2=O)C2=C(C(=O)N(C(CCC(=O)O)C(=O)O)C2)C2(C)CCCC(C)(C)C12. The van der Waals surface area contributed by atoms with E-state index in [0.29, 0.717) is 37.0 Å². The maximum atomic E-state index is 14.2. The summed E-state index contributed by atoms with van der Waals surface area (Å²) in [4.78, 5) is 67.3. The fraction of sp³-hybridized carbons (Fsp3) is 0.594. The van der Waals surface area contributed by atoms with Crippen LogP contribution >= 0.6 is 0 Å². The number of hydrogen-bond acceptors (Lipinski definition) is 6. The molecule has 0 bridgehead atoms. The number of rotatable bonds is 10. The third-order valence-electron chi connectivity index (χ3n) is 9.50. The molecule has 2 N–H and O–H groups in total. The number of fused-ring (bicyclic) bond motifs is 2. The molecule has 2 aliphatic carbocycles. The van der Waals surface area contributed by atoms with Gasteiger partial charge >= 0.3 is 17.9 Å². The van der Waals surface area contributed by atoms with E-state index in [4.69, 9.17) is 4.74 Å². The molecule has 5 atom stereocenters. The molecule has 1 saturated carbocycles. The summed E-state index contributed by atoms with van der Waals surface area (Å²) >= 11 is 0. The Labute approximate surface area is 246 Å². The van der Waals surface area contributed by atoms with Crippen LogP contribution in [0.1, 0.15) is 72.6 Å². The van der Waals surface area contributed by atoms with Gasteiger partial charge in [-0.3, -0.25) is 14.4 Å². The summed E-state index contributed by atoms with van der Waals surface area (Å²) in [5, 5.41) is 19.3. The van der Waals surface area contributed by atoms with E-state index in [-0.39, 0.29) is 30.2 Å². The van der Waals surface area contributed by atoms with Crippen LogP contribution in [0, 0.1) is 16.7 Å². The van der Waals surface area contributed by atoms with Crippen LogP contribution in [-0.2, 0) is 28.7 Å². The van der Waals surface area contributed by atoms with Gasteiger partial charge in [-0.2, -0.15) is 0 Å². The first-order valence-electron chi connectivity index (χ1n) is 14.8. The molecule has 0 aromatic carbocycles. The van der Waals surface area contributed by atoms with Crippen molar-refractivity contribution in [2.75, 3.05) is 13.1 Å². The maximum Gasteiger partial charge on any atom is 0.331 e. The van der Waals surface area contributed by atoms with Crippen molar-refractivity contribution in [3.05, 3.63) is 47.6 Å². The van der Waals surface area contributed by atoms with Gasteiger partial charge in [-0.15, -0.1) is 0 Å². The number of allylic oxidation sites excluding steroid dienone is 5. The molecular formula is C32H42N2O8. The van der Waals surface area contributed by atoms with Crippen molar-refractivity contribution in [1.82, 2.24) is 9.80 Å². The highest BCUT2D eigenvalue weighted by molar-refractivity contribution is 6.01. The number of hydrogen-bond donors (Lipinski definition) is 2. The number of likely N-dealkylation sites (tertiary alicyclic amines) is 1. The zero-order valence-corrected chi connectivity index (χ0v) is 24.9. The minimum absolute atomic E-state index is 0.0576. The summed E-state index contributed by atoms with van der Waals surface area (Å²) in [6.07, 6.45) is 12.0. The summed E-state index contributed by atoms with van der Waals surface area (Å²) in [5.41, 5.74) is 0.0149. The van der Waals surface area contributed by atoms with Gasteiger partial charge in [0.1, 0.15) is 12.1 Å². The van der Waals surface area contributed by atoms with E-state index in [0.717, 1.165) is 12.8 Å². The van der Waals surface area contributed by atoms with E-state index < -0.39 is 53.8 Å². The monoisotopic (exact) mass is 582 g/mol. The zero-order chi connectivity index (χ0) is 30.8. The van der Waals surface area contributed by atoms with Crippen molar-refractivity contribution in [2.45, 2.75) is 90.8 Å². The Hall–Kier alpha value is -3.69. The Morgan fingerprint density at radius 1 is 1.05 bits per heavy atom. The molecule has 1 saturated heterocycles. The summed E-state index contributed by atoms with van der Waals surface area (Å²) in [5.74, 6) is -3.82. The largest absolute Gasteiger partial charge is 0.481 e.